The summed E-state index contributed by atoms with van der Waals surface area (Å²) in [6, 6.07) is 44.8. The number of nitrogens with zero attached hydrogens (tertiary/aromatic N) is 4. The van der Waals surface area contributed by atoms with Gasteiger partial charge in [-0.05, 0) is 101 Å². The Morgan fingerprint density at radius 1 is 0.746 bits per heavy atom. The van der Waals surface area contributed by atoms with Gasteiger partial charge in [0.15, 0.2) is 0 Å². The summed E-state index contributed by atoms with van der Waals surface area (Å²) in [6.45, 7) is 22.6. The van der Waals surface area contributed by atoms with Gasteiger partial charge in [-0.2, -0.15) is 0 Å². The van der Waals surface area contributed by atoms with E-state index in [1.807, 2.05) is 49.4 Å². The van der Waals surface area contributed by atoms with Crippen LogP contribution in [0.4, 0.5) is 4.39 Å². The number of furan rings is 1. The van der Waals surface area contributed by atoms with Crippen LogP contribution in [0.1, 0.15) is 75.8 Å². The molecule has 0 aliphatic heterocycles. The Bertz CT molecular complexity index is 3010. The van der Waals surface area contributed by atoms with Gasteiger partial charge in [0.2, 0.25) is 5.71 Å². The number of aromatic nitrogens is 4. The van der Waals surface area contributed by atoms with Gasteiger partial charge in [0.1, 0.15) is 0 Å². The van der Waals surface area contributed by atoms with Crippen molar-refractivity contribution in [2.75, 3.05) is 0 Å². The molecule has 0 saturated heterocycles. The fraction of sp³-hybridized carbons (Fsp3) is 0.255. The third-order valence-corrected chi connectivity index (χ3v) is 13.5. The summed E-state index contributed by atoms with van der Waals surface area (Å²) in [7, 11) is -1.46. The van der Waals surface area contributed by atoms with Crippen molar-refractivity contribution in [2.45, 2.75) is 86.4 Å². The van der Waals surface area contributed by atoms with E-state index in [1.54, 1.807) is 6.07 Å². The first-order chi connectivity index (χ1) is 29.7. The van der Waals surface area contributed by atoms with Crippen LogP contribution in [0.25, 0.3) is 72.6 Å². The Kier molecular flexibility index (Phi) is 13.5. The van der Waals surface area contributed by atoms with Gasteiger partial charge < -0.3 is 14.0 Å². The number of hydrogen-bond acceptors (Lipinski definition) is 4. The SMILES string of the molecule is CC(C)c1cc(-c2ccccc2)cc(C(C)C)c1-n1c(-c2[c-]cc(F)cc2)nc2ccccc21.Cc1ccc2c(n1)oc1c(-c3cc(CC(C)C)c([Si](C)(C)C)cn3)[c-]ccc12.[Ir]. The maximum atomic E-state index is 13.7. The number of imidazole rings is 1. The molecule has 0 bridgehead atoms. The van der Waals surface area contributed by atoms with Gasteiger partial charge in [-0.3, -0.25) is 9.37 Å². The minimum atomic E-state index is -1.46. The molecule has 1 radical (unpaired) electrons. The standard InChI is InChI=1S/C31H28FN2.C24H27N2OSi.Ir/c1-20(2)26-18-24(22-10-6-5-7-11-22)19-27(21(3)4)30(26)34-29-13-9-8-12-28(29)33-31(34)23-14-16-25(32)17-15-23;1-15(2)12-17-13-21(25-14-22(17)28(4,5)6)20-9-7-8-18-19-11-10-16(3)26-24(19)27-23(18)20;/h5-14,16-21H,1-4H3;7-8,10-11,13-15H,12H2,1-6H3;/q2*-1;. The van der Waals surface area contributed by atoms with Crippen LogP contribution in [-0.2, 0) is 26.5 Å². The van der Waals surface area contributed by atoms with E-state index in [9.17, 15) is 4.39 Å². The molecule has 0 unspecified atom stereocenters. The number of halogens is 1. The number of pyridine rings is 2. The number of para-hydroxylation sites is 2. The topological polar surface area (TPSA) is 56.7 Å². The van der Waals surface area contributed by atoms with Crippen LogP contribution in [0.15, 0.2) is 126 Å². The van der Waals surface area contributed by atoms with Gasteiger partial charge in [-0.1, -0.05) is 126 Å². The molecule has 0 amide bonds. The molecule has 0 N–H and O–H groups in total. The van der Waals surface area contributed by atoms with E-state index >= 15 is 0 Å². The number of benzene rings is 5. The van der Waals surface area contributed by atoms with Gasteiger partial charge in [-0.15, -0.1) is 48.0 Å². The van der Waals surface area contributed by atoms with Crippen LogP contribution >= 0.6 is 0 Å². The van der Waals surface area contributed by atoms with E-state index in [-0.39, 0.29) is 25.9 Å². The zero-order valence-electron chi connectivity index (χ0n) is 37.9. The minimum Gasteiger partial charge on any atom is -0.486 e. The Hall–Kier alpha value is -5.53. The van der Waals surface area contributed by atoms with Crippen molar-refractivity contribution >= 4 is 46.4 Å². The van der Waals surface area contributed by atoms with E-state index in [1.165, 1.54) is 45.1 Å². The molecular weight excluding hydrogens is 972 g/mol. The molecule has 0 spiro atoms. The van der Waals surface area contributed by atoms with Crippen LogP contribution in [0, 0.1) is 30.8 Å². The summed E-state index contributed by atoms with van der Waals surface area (Å²) >= 11 is 0. The molecule has 4 heterocycles. The summed E-state index contributed by atoms with van der Waals surface area (Å²) in [6.07, 6.45) is 3.16. The molecule has 5 nitrogen and oxygen atoms in total. The largest absolute Gasteiger partial charge is 0.486 e. The average molecular weight is 1030 g/mol. The molecule has 5 aromatic carbocycles. The first-order valence-corrected chi connectivity index (χ1v) is 25.3. The second-order valence-corrected chi connectivity index (χ2v) is 23.5. The molecule has 63 heavy (non-hydrogen) atoms. The van der Waals surface area contributed by atoms with Crippen molar-refractivity contribution in [1.29, 1.82) is 0 Å². The molecule has 9 aromatic rings. The average Bonchev–Trinajstić information content (AvgIpc) is 3.81. The summed E-state index contributed by atoms with van der Waals surface area (Å²) in [5.41, 5.74) is 14.5. The number of fused-ring (bicyclic) bond motifs is 4. The fourth-order valence-electron chi connectivity index (χ4n) is 8.42. The van der Waals surface area contributed by atoms with E-state index in [0.717, 1.165) is 67.8 Å². The monoisotopic (exact) mass is 1030 g/mol. The van der Waals surface area contributed by atoms with Gasteiger partial charge >= 0.3 is 0 Å². The van der Waals surface area contributed by atoms with E-state index in [4.69, 9.17) is 14.4 Å². The van der Waals surface area contributed by atoms with Crippen LogP contribution in [0.5, 0.6) is 0 Å². The third kappa shape index (κ3) is 9.40. The molecule has 0 aliphatic rings. The van der Waals surface area contributed by atoms with E-state index in [2.05, 4.69) is 144 Å². The van der Waals surface area contributed by atoms with E-state index < -0.39 is 8.07 Å². The zero-order chi connectivity index (χ0) is 43.9. The van der Waals surface area contributed by atoms with Crippen molar-refractivity contribution in [3.63, 3.8) is 0 Å². The quantitative estimate of drug-likeness (QED) is 0.107. The molecule has 323 valence electrons. The maximum Gasteiger partial charge on any atom is 0.216 e. The van der Waals surface area contributed by atoms with Gasteiger partial charge in [0, 0.05) is 48.9 Å². The molecule has 0 fully saturated rings. The second kappa shape index (κ2) is 18.7. The normalized spacial score (nSPS) is 11.8. The third-order valence-electron chi connectivity index (χ3n) is 11.4. The Morgan fingerprint density at radius 3 is 2.10 bits per heavy atom. The predicted molar refractivity (Wildman–Crippen MR) is 259 cm³/mol. The van der Waals surface area contributed by atoms with Crippen molar-refractivity contribution in [3.05, 3.63) is 162 Å². The van der Waals surface area contributed by atoms with Gasteiger partial charge in [0.25, 0.3) is 0 Å². The Balaban J connectivity index is 0.000000189. The van der Waals surface area contributed by atoms with Crippen molar-refractivity contribution in [1.82, 2.24) is 19.5 Å². The molecule has 0 aliphatic carbocycles. The second-order valence-electron chi connectivity index (χ2n) is 18.4. The number of rotatable bonds is 9. The molecular formula is C55H55FIrN4OSi-2. The van der Waals surface area contributed by atoms with Crippen LogP contribution < -0.4 is 5.19 Å². The fourth-order valence-corrected chi connectivity index (χ4v) is 10.0. The number of aryl methyl sites for hydroxylation is 1. The van der Waals surface area contributed by atoms with Crippen LogP contribution in [0.3, 0.4) is 0 Å². The Morgan fingerprint density at radius 2 is 1.44 bits per heavy atom. The first-order valence-electron chi connectivity index (χ1n) is 21.8. The summed E-state index contributed by atoms with van der Waals surface area (Å²) in [5.74, 6) is 1.66. The van der Waals surface area contributed by atoms with Gasteiger partial charge in [0.05, 0.1) is 30.5 Å². The summed E-state index contributed by atoms with van der Waals surface area (Å²) in [4.78, 5) is 14.4. The molecule has 0 atom stereocenters. The molecule has 8 heteroatoms. The molecule has 4 aromatic heterocycles. The van der Waals surface area contributed by atoms with Crippen LogP contribution in [0.2, 0.25) is 19.6 Å². The Labute approximate surface area is 386 Å². The molecule has 9 rings (SSSR count). The van der Waals surface area contributed by atoms with Crippen molar-refractivity contribution < 1.29 is 28.9 Å². The summed E-state index contributed by atoms with van der Waals surface area (Å²) in [5, 5.41) is 3.55. The smallest absolute Gasteiger partial charge is 0.216 e. The molecule has 0 saturated carbocycles. The van der Waals surface area contributed by atoms with Gasteiger partial charge in [-0.25, -0.2) is 4.98 Å². The van der Waals surface area contributed by atoms with Crippen LogP contribution in [-0.4, -0.2) is 27.6 Å². The number of hydrogen-bond donors (Lipinski definition) is 0. The minimum absolute atomic E-state index is 0. The van der Waals surface area contributed by atoms with Crippen molar-refractivity contribution in [2.24, 2.45) is 5.92 Å². The first kappa shape index (κ1) is 45.5. The predicted octanol–water partition coefficient (Wildman–Crippen LogP) is 14.4. The summed E-state index contributed by atoms with van der Waals surface area (Å²) < 4.78 is 22.1. The maximum absolute atomic E-state index is 13.7. The van der Waals surface area contributed by atoms with E-state index in [0.29, 0.717) is 23.5 Å². The zero-order valence-corrected chi connectivity index (χ0v) is 41.3. The van der Waals surface area contributed by atoms with Crippen molar-refractivity contribution in [3.8, 4) is 39.5 Å².